The lowest BCUT2D eigenvalue weighted by Crippen LogP contribution is -2.38. The van der Waals surface area contributed by atoms with Crippen molar-refractivity contribution in [2.24, 2.45) is 0 Å². The number of nitrogens with zero attached hydrogens (tertiary/aromatic N) is 2. The minimum absolute atomic E-state index is 0.0434. The van der Waals surface area contributed by atoms with Gasteiger partial charge in [-0.2, -0.15) is 4.98 Å². The Morgan fingerprint density at radius 2 is 1.89 bits per heavy atom. The summed E-state index contributed by atoms with van der Waals surface area (Å²) in [5.41, 5.74) is 1.02. The first-order valence-corrected chi connectivity index (χ1v) is 6.38. The van der Waals surface area contributed by atoms with Gasteiger partial charge in [0, 0.05) is 11.0 Å². The number of nitrogens with one attached hydrogen (secondary N) is 1. The summed E-state index contributed by atoms with van der Waals surface area (Å²) in [6.07, 6.45) is 2.11. The maximum absolute atomic E-state index is 5.39. The molecule has 1 aromatic heterocycles. The molecule has 1 aliphatic rings. The standard InChI is InChI=1S/C14H17N3O/c1-14(7-9-15-10-8-14)13-16-12(18-17-13)11-5-3-2-4-6-11/h2-6,15H,7-10H2,1H3. The minimum Gasteiger partial charge on any atom is -0.334 e. The highest BCUT2D eigenvalue weighted by Gasteiger charge is 2.33. The Morgan fingerprint density at radius 3 is 2.61 bits per heavy atom. The third-order valence-electron chi connectivity index (χ3n) is 3.69. The van der Waals surface area contributed by atoms with Crippen molar-refractivity contribution in [1.82, 2.24) is 15.5 Å². The van der Waals surface area contributed by atoms with Gasteiger partial charge >= 0.3 is 0 Å². The molecule has 0 aliphatic carbocycles. The fraction of sp³-hybridized carbons (Fsp3) is 0.429. The van der Waals surface area contributed by atoms with Crippen LogP contribution in [0, 0.1) is 0 Å². The van der Waals surface area contributed by atoms with Crippen LogP contribution in [0.15, 0.2) is 34.9 Å². The Bertz CT molecular complexity index is 515. The van der Waals surface area contributed by atoms with E-state index in [1.54, 1.807) is 0 Å². The normalized spacial score (nSPS) is 18.7. The topological polar surface area (TPSA) is 51.0 Å². The molecular formula is C14H17N3O. The predicted molar refractivity (Wildman–Crippen MR) is 69.2 cm³/mol. The summed E-state index contributed by atoms with van der Waals surface area (Å²) in [7, 11) is 0. The number of benzene rings is 1. The molecule has 1 aromatic carbocycles. The highest BCUT2D eigenvalue weighted by Crippen LogP contribution is 2.31. The van der Waals surface area contributed by atoms with Crippen molar-refractivity contribution in [3.63, 3.8) is 0 Å². The Balaban J connectivity index is 1.89. The summed E-state index contributed by atoms with van der Waals surface area (Å²) in [5.74, 6) is 1.45. The zero-order chi connectivity index (χ0) is 12.4. The van der Waals surface area contributed by atoms with Crippen LogP contribution in [0.5, 0.6) is 0 Å². The van der Waals surface area contributed by atoms with Crippen molar-refractivity contribution < 1.29 is 4.52 Å². The van der Waals surface area contributed by atoms with E-state index in [0.29, 0.717) is 5.89 Å². The second kappa shape index (κ2) is 4.53. The summed E-state index contributed by atoms with van der Waals surface area (Å²) in [5, 5.41) is 7.54. The van der Waals surface area contributed by atoms with E-state index in [1.807, 2.05) is 30.3 Å². The lowest BCUT2D eigenvalue weighted by Gasteiger charge is -2.30. The van der Waals surface area contributed by atoms with Crippen LogP contribution in [0.1, 0.15) is 25.6 Å². The summed E-state index contributed by atoms with van der Waals surface area (Å²) < 4.78 is 5.39. The first kappa shape index (κ1) is 11.4. The molecule has 3 rings (SSSR count). The van der Waals surface area contributed by atoms with Crippen LogP contribution >= 0.6 is 0 Å². The lowest BCUT2D eigenvalue weighted by molar-refractivity contribution is 0.303. The average Bonchev–Trinajstić information content (AvgIpc) is 2.91. The van der Waals surface area contributed by atoms with Gasteiger partial charge in [0.2, 0.25) is 0 Å². The van der Waals surface area contributed by atoms with Gasteiger partial charge in [-0.1, -0.05) is 30.3 Å². The van der Waals surface area contributed by atoms with Crippen molar-refractivity contribution >= 4 is 0 Å². The van der Waals surface area contributed by atoms with Crippen LogP contribution in [0.2, 0.25) is 0 Å². The van der Waals surface area contributed by atoms with Crippen molar-refractivity contribution in [3.8, 4) is 11.5 Å². The molecule has 94 valence electrons. The molecule has 2 aromatic rings. The summed E-state index contributed by atoms with van der Waals surface area (Å²) in [6.45, 7) is 4.25. The maximum atomic E-state index is 5.39. The average molecular weight is 243 g/mol. The molecule has 4 nitrogen and oxygen atoms in total. The van der Waals surface area contributed by atoms with Crippen LogP contribution < -0.4 is 5.32 Å². The Labute approximate surface area is 106 Å². The van der Waals surface area contributed by atoms with E-state index >= 15 is 0 Å². The van der Waals surface area contributed by atoms with Crippen LogP contribution in [0.4, 0.5) is 0 Å². The van der Waals surface area contributed by atoms with Crippen molar-refractivity contribution in [2.75, 3.05) is 13.1 Å². The van der Waals surface area contributed by atoms with Crippen LogP contribution in [0.25, 0.3) is 11.5 Å². The molecule has 0 saturated carbocycles. The van der Waals surface area contributed by atoms with Crippen LogP contribution in [0.3, 0.4) is 0 Å². The summed E-state index contributed by atoms with van der Waals surface area (Å²) >= 11 is 0. The third kappa shape index (κ3) is 2.04. The summed E-state index contributed by atoms with van der Waals surface area (Å²) in [6, 6.07) is 9.91. The monoisotopic (exact) mass is 243 g/mol. The molecule has 2 heterocycles. The van der Waals surface area contributed by atoms with Crippen LogP contribution in [-0.4, -0.2) is 23.2 Å². The molecule has 1 fully saturated rings. The van der Waals surface area contributed by atoms with Gasteiger partial charge in [0.1, 0.15) is 0 Å². The highest BCUT2D eigenvalue weighted by molar-refractivity contribution is 5.52. The van der Waals surface area contributed by atoms with Gasteiger partial charge < -0.3 is 9.84 Å². The molecule has 0 atom stereocenters. The second-order valence-electron chi connectivity index (χ2n) is 5.10. The molecular weight excluding hydrogens is 226 g/mol. The number of aromatic nitrogens is 2. The number of hydrogen-bond donors (Lipinski definition) is 1. The highest BCUT2D eigenvalue weighted by atomic mass is 16.5. The van der Waals surface area contributed by atoms with Gasteiger partial charge in [-0.3, -0.25) is 0 Å². The van der Waals surface area contributed by atoms with Gasteiger partial charge in [0.25, 0.3) is 5.89 Å². The van der Waals surface area contributed by atoms with E-state index in [1.165, 1.54) is 0 Å². The Morgan fingerprint density at radius 1 is 1.17 bits per heavy atom. The van der Waals surface area contributed by atoms with E-state index in [2.05, 4.69) is 22.4 Å². The summed E-state index contributed by atoms with van der Waals surface area (Å²) in [4.78, 5) is 4.57. The van der Waals surface area contributed by atoms with Crippen molar-refractivity contribution in [1.29, 1.82) is 0 Å². The third-order valence-corrected chi connectivity index (χ3v) is 3.69. The largest absolute Gasteiger partial charge is 0.334 e. The molecule has 0 amide bonds. The predicted octanol–water partition coefficient (Wildman–Crippen LogP) is 2.38. The molecule has 1 saturated heterocycles. The zero-order valence-corrected chi connectivity index (χ0v) is 10.5. The second-order valence-corrected chi connectivity index (χ2v) is 5.10. The number of rotatable bonds is 2. The number of piperidine rings is 1. The van der Waals surface area contributed by atoms with Gasteiger partial charge in [-0.25, -0.2) is 0 Å². The molecule has 4 heteroatoms. The van der Waals surface area contributed by atoms with E-state index in [0.717, 1.165) is 37.3 Å². The SMILES string of the molecule is CC1(c2noc(-c3ccccc3)n2)CCNCC1. The molecule has 0 spiro atoms. The fourth-order valence-corrected chi connectivity index (χ4v) is 2.37. The molecule has 0 unspecified atom stereocenters. The van der Waals surface area contributed by atoms with E-state index in [9.17, 15) is 0 Å². The molecule has 1 N–H and O–H groups in total. The van der Waals surface area contributed by atoms with Gasteiger partial charge in [0.15, 0.2) is 5.82 Å². The van der Waals surface area contributed by atoms with Crippen molar-refractivity contribution in [3.05, 3.63) is 36.2 Å². The molecule has 0 bridgehead atoms. The Kier molecular flexibility index (Phi) is 2.88. The lowest BCUT2D eigenvalue weighted by atomic mass is 9.80. The fourth-order valence-electron chi connectivity index (χ4n) is 2.37. The first-order valence-electron chi connectivity index (χ1n) is 6.38. The first-order chi connectivity index (χ1) is 8.78. The molecule has 18 heavy (non-hydrogen) atoms. The maximum Gasteiger partial charge on any atom is 0.257 e. The Hall–Kier alpha value is -1.68. The minimum atomic E-state index is 0.0434. The van der Waals surface area contributed by atoms with E-state index < -0.39 is 0 Å². The van der Waals surface area contributed by atoms with Gasteiger partial charge in [0.05, 0.1) is 0 Å². The molecule has 0 radical (unpaired) electrons. The zero-order valence-electron chi connectivity index (χ0n) is 10.5. The molecule has 1 aliphatic heterocycles. The van der Waals surface area contributed by atoms with Crippen molar-refractivity contribution in [2.45, 2.75) is 25.2 Å². The smallest absolute Gasteiger partial charge is 0.257 e. The van der Waals surface area contributed by atoms with Crippen LogP contribution in [-0.2, 0) is 5.41 Å². The number of hydrogen-bond acceptors (Lipinski definition) is 4. The van der Waals surface area contributed by atoms with E-state index in [4.69, 9.17) is 4.52 Å². The van der Waals surface area contributed by atoms with Gasteiger partial charge in [-0.05, 0) is 38.1 Å². The quantitative estimate of drug-likeness (QED) is 0.879. The van der Waals surface area contributed by atoms with E-state index in [-0.39, 0.29) is 5.41 Å². The van der Waals surface area contributed by atoms with Gasteiger partial charge in [-0.15, -0.1) is 0 Å².